The molecule has 1 aromatic heterocycles. The molecule has 1 heterocycles. The first-order chi connectivity index (χ1) is 9.99. The Morgan fingerprint density at radius 1 is 1.38 bits per heavy atom. The second kappa shape index (κ2) is 6.18. The van der Waals surface area contributed by atoms with Crippen LogP contribution >= 0.6 is 11.5 Å². The van der Waals surface area contributed by atoms with Crippen molar-refractivity contribution in [3.05, 3.63) is 50.5 Å². The van der Waals surface area contributed by atoms with E-state index in [0.29, 0.717) is 21.8 Å². The van der Waals surface area contributed by atoms with Crippen molar-refractivity contribution in [1.82, 2.24) is 15.0 Å². The van der Waals surface area contributed by atoms with E-state index in [1.165, 1.54) is 12.1 Å². The Bertz CT molecular complexity index is 708. The first-order valence-corrected chi connectivity index (χ1v) is 6.65. The summed E-state index contributed by atoms with van der Waals surface area (Å²) in [7, 11) is 0. The molecule has 0 radical (unpaired) electrons. The molecule has 0 aliphatic rings. The van der Waals surface area contributed by atoms with Gasteiger partial charge < -0.3 is 0 Å². The molecule has 0 atom stereocenters. The van der Waals surface area contributed by atoms with Crippen molar-refractivity contribution in [2.24, 2.45) is 5.10 Å². The summed E-state index contributed by atoms with van der Waals surface area (Å²) >= 11 is 0.993. The summed E-state index contributed by atoms with van der Waals surface area (Å²) in [5, 5.41) is 18.3. The predicted octanol–water partition coefficient (Wildman–Crippen LogP) is 1.91. The van der Waals surface area contributed by atoms with Crippen LogP contribution in [0, 0.1) is 17.0 Å². The van der Waals surface area contributed by atoms with Gasteiger partial charge >= 0.3 is 0 Å². The first-order valence-electron chi connectivity index (χ1n) is 5.87. The maximum atomic E-state index is 11.8. The molecular weight excluding hydrogens is 294 g/mol. The van der Waals surface area contributed by atoms with Gasteiger partial charge in [-0.15, -0.1) is 5.10 Å². The Morgan fingerprint density at radius 2 is 2.05 bits per heavy atom. The number of aromatic nitrogens is 2. The van der Waals surface area contributed by atoms with Gasteiger partial charge in [-0.3, -0.25) is 14.9 Å². The quantitative estimate of drug-likeness (QED) is 0.527. The van der Waals surface area contributed by atoms with Crippen molar-refractivity contribution < 1.29 is 9.72 Å². The third kappa shape index (κ3) is 3.45. The summed E-state index contributed by atoms with van der Waals surface area (Å²) in [6, 6.07) is 5.91. The second-order valence-electron chi connectivity index (χ2n) is 4.13. The van der Waals surface area contributed by atoms with E-state index >= 15 is 0 Å². The number of amides is 1. The van der Waals surface area contributed by atoms with Crippen LogP contribution in [0.2, 0.25) is 0 Å². The van der Waals surface area contributed by atoms with E-state index in [9.17, 15) is 14.9 Å². The van der Waals surface area contributed by atoms with Crippen molar-refractivity contribution in [2.75, 3.05) is 0 Å². The maximum Gasteiger partial charge on any atom is 0.285 e. The van der Waals surface area contributed by atoms with E-state index in [-0.39, 0.29) is 11.6 Å². The average Bonchev–Trinajstić information content (AvgIpc) is 2.90. The zero-order valence-electron chi connectivity index (χ0n) is 11.2. The van der Waals surface area contributed by atoms with Gasteiger partial charge in [-0.05, 0) is 43.1 Å². The molecule has 0 bridgehead atoms. The van der Waals surface area contributed by atoms with Gasteiger partial charge in [0.05, 0.1) is 16.3 Å². The first kappa shape index (κ1) is 14.7. The molecule has 1 amide bonds. The number of nitro benzene ring substituents is 1. The fourth-order valence-corrected chi connectivity index (χ4v) is 2.06. The number of rotatable bonds is 4. The highest BCUT2D eigenvalue weighted by Crippen LogP contribution is 2.13. The molecule has 108 valence electrons. The molecule has 2 rings (SSSR count). The zero-order valence-corrected chi connectivity index (χ0v) is 12.0. The summed E-state index contributed by atoms with van der Waals surface area (Å²) in [5.41, 5.74) is 4.17. The molecule has 1 aromatic carbocycles. The molecule has 1 N–H and O–H groups in total. The Labute approximate surface area is 123 Å². The lowest BCUT2D eigenvalue weighted by molar-refractivity contribution is -0.384. The van der Waals surface area contributed by atoms with Crippen LogP contribution in [0.5, 0.6) is 0 Å². The van der Waals surface area contributed by atoms with Crippen LogP contribution in [0.15, 0.2) is 29.4 Å². The number of benzene rings is 1. The summed E-state index contributed by atoms with van der Waals surface area (Å²) in [6.07, 6.45) is 0. The lowest BCUT2D eigenvalue weighted by atomic mass is 10.1. The standard InChI is InChI=1S/C12H11N5O3S/c1-7(9-3-5-10(6-4-9)17(19)20)13-15-12(18)11-8(2)14-16-21-11/h3-6H,1-2H3,(H,15,18)/b13-7+. The van der Waals surface area contributed by atoms with E-state index < -0.39 is 4.92 Å². The smallest absolute Gasteiger partial charge is 0.266 e. The number of carbonyl (C=O) groups excluding carboxylic acids is 1. The summed E-state index contributed by atoms with van der Waals surface area (Å²) in [5.74, 6) is -0.385. The lowest BCUT2D eigenvalue weighted by Gasteiger charge is -2.01. The molecule has 9 heteroatoms. The topological polar surface area (TPSA) is 110 Å². The predicted molar refractivity (Wildman–Crippen MR) is 77.4 cm³/mol. The van der Waals surface area contributed by atoms with Crippen LogP contribution < -0.4 is 5.43 Å². The summed E-state index contributed by atoms with van der Waals surface area (Å²) < 4.78 is 3.67. The monoisotopic (exact) mass is 305 g/mol. The third-order valence-corrected chi connectivity index (χ3v) is 3.51. The van der Waals surface area contributed by atoms with E-state index in [1.807, 2.05) is 0 Å². The van der Waals surface area contributed by atoms with E-state index in [2.05, 4.69) is 20.1 Å². The van der Waals surface area contributed by atoms with Crippen LogP contribution in [0.25, 0.3) is 0 Å². The van der Waals surface area contributed by atoms with Crippen molar-refractivity contribution in [1.29, 1.82) is 0 Å². The summed E-state index contributed by atoms with van der Waals surface area (Å²) in [4.78, 5) is 22.3. The van der Waals surface area contributed by atoms with Gasteiger partial charge in [0.25, 0.3) is 11.6 Å². The Balaban J connectivity index is 2.09. The number of nitrogens with one attached hydrogen (secondary N) is 1. The van der Waals surface area contributed by atoms with Gasteiger partial charge in [0.1, 0.15) is 4.88 Å². The minimum Gasteiger partial charge on any atom is -0.266 e. The highest BCUT2D eigenvalue weighted by Gasteiger charge is 2.12. The number of hydrazone groups is 1. The fourth-order valence-electron chi connectivity index (χ4n) is 1.51. The highest BCUT2D eigenvalue weighted by molar-refractivity contribution is 7.07. The molecule has 0 spiro atoms. The molecule has 2 aromatic rings. The number of hydrogen-bond donors (Lipinski definition) is 1. The number of nitro groups is 1. The van der Waals surface area contributed by atoms with E-state index in [4.69, 9.17) is 0 Å². The van der Waals surface area contributed by atoms with E-state index in [0.717, 1.165) is 11.5 Å². The van der Waals surface area contributed by atoms with Gasteiger partial charge in [-0.25, -0.2) is 5.43 Å². The number of hydrogen-bond acceptors (Lipinski definition) is 7. The van der Waals surface area contributed by atoms with Crippen molar-refractivity contribution >= 4 is 28.8 Å². The second-order valence-corrected chi connectivity index (χ2v) is 4.88. The van der Waals surface area contributed by atoms with Crippen LogP contribution in [0.1, 0.15) is 27.9 Å². The SMILES string of the molecule is C/C(=N\NC(=O)c1snnc1C)c1ccc([N+](=O)[O-])cc1. The molecule has 0 saturated heterocycles. The summed E-state index contributed by atoms with van der Waals surface area (Å²) in [6.45, 7) is 3.38. The van der Waals surface area contributed by atoms with Gasteiger partial charge in [0, 0.05) is 12.1 Å². The van der Waals surface area contributed by atoms with Crippen LogP contribution in [-0.4, -0.2) is 26.1 Å². The number of non-ortho nitro benzene ring substituents is 1. The molecule has 0 saturated carbocycles. The number of carbonyl (C=O) groups is 1. The highest BCUT2D eigenvalue weighted by atomic mass is 32.1. The molecule has 8 nitrogen and oxygen atoms in total. The number of aryl methyl sites for hydroxylation is 1. The fraction of sp³-hybridized carbons (Fsp3) is 0.167. The van der Waals surface area contributed by atoms with Crippen molar-refractivity contribution in [3.8, 4) is 0 Å². The Hall–Kier alpha value is -2.68. The molecule has 0 unspecified atom stereocenters. The molecular formula is C12H11N5O3S. The van der Waals surface area contributed by atoms with Crippen molar-refractivity contribution in [2.45, 2.75) is 13.8 Å². The van der Waals surface area contributed by atoms with Crippen LogP contribution in [0.4, 0.5) is 5.69 Å². The molecule has 0 fully saturated rings. The third-order valence-electron chi connectivity index (χ3n) is 2.68. The van der Waals surface area contributed by atoms with Gasteiger partial charge in [-0.1, -0.05) is 4.49 Å². The maximum absolute atomic E-state index is 11.8. The van der Waals surface area contributed by atoms with Gasteiger partial charge in [0.15, 0.2) is 0 Å². The van der Waals surface area contributed by atoms with E-state index in [1.54, 1.807) is 26.0 Å². The van der Waals surface area contributed by atoms with Crippen LogP contribution in [-0.2, 0) is 0 Å². The average molecular weight is 305 g/mol. The molecule has 21 heavy (non-hydrogen) atoms. The normalized spacial score (nSPS) is 11.2. The van der Waals surface area contributed by atoms with Crippen molar-refractivity contribution in [3.63, 3.8) is 0 Å². The molecule has 0 aliphatic heterocycles. The van der Waals surface area contributed by atoms with Gasteiger partial charge in [0.2, 0.25) is 0 Å². The van der Waals surface area contributed by atoms with Gasteiger partial charge in [-0.2, -0.15) is 5.10 Å². The number of nitrogens with zero attached hydrogens (tertiary/aromatic N) is 4. The minimum absolute atomic E-state index is 0.00180. The minimum atomic E-state index is -0.475. The Morgan fingerprint density at radius 3 is 2.57 bits per heavy atom. The lowest BCUT2D eigenvalue weighted by Crippen LogP contribution is -2.19. The Kier molecular flexibility index (Phi) is 4.33. The zero-order chi connectivity index (χ0) is 15.4. The van der Waals surface area contributed by atoms with Crippen LogP contribution in [0.3, 0.4) is 0 Å². The largest absolute Gasteiger partial charge is 0.285 e. The molecule has 0 aliphatic carbocycles.